The zero-order valence-corrected chi connectivity index (χ0v) is 12.4. The van der Waals surface area contributed by atoms with Crippen molar-refractivity contribution in [1.82, 2.24) is 15.6 Å². The van der Waals surface area contributed by atoms with Gasteiger partial charge < -0.3 is 10.6 Å². The van der Waals surface area contributed by atoms with E-state index < -0.39 is 0 Å². The quantitative estimate of drug-likeness (QED) is 0.833. The second-order valence-corrected chi connectivity index (χ2v) is 6.30. The maximum Gasteiger partial charge on any atom is 0.166 e. The molecule has 1 aliphatic carbocycles. The molecule has 0 aromatic carbocycles. The second kappa shape index (κ2) is 7.04. The molecule has 0 spiro atoms. The van der Waals surface area contributed by atoms with Crippen molar-refractivity contribution in [3.8, 4) is 0 Å². The summed E-state index contributed by atoms with van der Waals surface area (Å²) in [7, 11) is 0. The molecule has 1 aromatic rings. The Morgan fingerprint density at radius 1 is 1.50 bits per heavy atom. The molecular weight excluding hydrogens is 262 g/mol. The zero-order valence-electron chi connectivity index (χ0n) is 10.8. The molecule has 1 unspecified atom stereocenters. The highest BCUT2D eigenvalue weighted by Gasteiger charge is 2.14. The Labute approximate surface area is 118 Å². The second-order valence-electron chi connectivity index (χ2n) is 4.96. The topological polar surface area (TPSA) is 37.0 Å². The molecule has 0 aliphatic heterocycles. The molecular formula is C13H21N3S2. The van der Waals surface area contributed by atoms with Gasteiger partial charge in [0.05, 0.1) is 5.01 Å². The molecule has 18 heavy (non-hydrogen) atoms. The predicted molar refractivity (Wildman–Crippen MR) is 81.1 cm³/mol. The summed E-state index contributed by atoms with van der Waals surface area (Å²) in [5.41, 5.74) is 0. The zero-order chi connectivity index (χ0) is 12.8. The van der Waals surface area contributed by atoms with Gasteiger partial charge in [-0.15, -0.1) is 11.3 Å². The third-order valence-electron chi connectivity index (χ3n) is 3.38. The first-order valence-electron chi connectivity index (χ1n) is 6.69. The van der Waals surface area contributed by atoms with Crippen LogP contribution in [0.2, 0.25) is 0 Å². The van der Waals surface area contributed by atoms with Crippen LogP contribution in [0.15, 0.2) is 11.6 Å². The molecule has 1 heterocycles. The van der Waals surface area contributed by atoms with Crippen molar-refractivity contribution in [1.29, 1.82) is 0 Å². The lowest BCUT2D eigenvalue weighted by Gasteiger charge is -2.24. The Hall–Kier alpha value is -0.680. The van der Waals surface area contributed by atoms with Crippen molar-refractivity contribution >= 4 is 28.7 Å². The van der Waals surface area contributed by atoms with Gasteiger partial charge in [-0.05, 0) is 25.1 Å². The van der Waals surface area contributed by atoms with Crippen molar-refractivity contribution in [2.45, 2.75) is 51.0 Å². The molecule has 1 saturated carbocycles. The van der Waals surface area contributed by atoms with Gasteiger partial charge in [-0.3, -0.25) is 0 Å². The van der Waals surface area contributed by atoms with E-state index in [1.165, 1.54) is 37.1 Å². The highest BCUT2D eigenvalue weighted by atomic mass is 32.1. The van der Waals surface area contributed by atoms with Gasteiger partial charge in [0.15, 0.2) is 5.11 Å². The van der Waals surface area contributed by atoms with Gasteiger partial charge in [0, 0.05) is 30.1 Å². The highest BCUT2D eigenvalue weighted by molar-refractivity contribution is 7.80. The molecule has 0 radical (unpaired) electrons. The van der Waals surface area contributed by atoms with Crippen LogP contribution in [-0.4, -0.2) is 22.7 Å². The van der Waals surface area contributed by atoms with Gasteiger partial charge in [0.25, 0.3) is 0 Å². The highest BCUT2D eigenvalue weighted by Crippen LogP contribution is 2.18. The minimum Gasteiger partial charge on any atom is -0.362 e. The normalized spacial score (nSPS) is 18.3. The van der Waals surface area contributed by atoms with Crippen LogP contribution in [0.1, 0.15) is 50.0 Å². The minimum absolute atomic E-state index is 0.413. The van der Waals surface area contributed by atoms with E-state index >= 15 is 0 Å². The van der Waals surface area contributed by atoms with Crippen LogP contribution >= 0.6 is 23.6 Å². The van der Waals surface area contributed by atoms with Gasteiger partial charge in [0.1, 0.15) is 0 Å². The largest absolute Gasteiger partial charge is 0.362 e. The van der Waals surface area contributed by atoms with Gasteiger partial charge >= 0.3 is 0 Å². The molecule has 1 aromatic heterocycles. The van der Waals surface area contributed by atoms with Crippen molar-refractivity contribution < 1.29 is 0 Å². The van der Waals surface area contributed by atoms with E-state index in [-0.39, 0.29) is 0 Å². The number of thiocarbonyl (C=S) groups is 1. The molecule has 0 amide bonds. The number of thiazole rings is 1. The van der Waals surface area contributed by atoms with Crippen LogP contribution in [0.4, 0.5) is 0 Å². The van der Waals surface area contributed by atoms with Crippen molar-refractivity contribution in [2.75, 3.05) is 6.54 Å². The maximum absolute atomic E-state index is 5.34. The number of hydrogen-bond acceptors (Lipinski definition) is 3. The van der Waals surface area contributed by atoms with Crippen molar-refractivity contribution in [2.24, 2.45) is 0 Å². The van der Waals surface area contributed by atoms with Crippen molar-refractivity contribution in [3.05, 3.63) is 16.6 Å². The lowest BCUT2D eigenvalue weighted by molar-refractivity contribution is 0.412. The number of hydrogen-bond donors (Lipinski definition) is 2. The molecule has 2 N–H and O–H groups in total. The Kier molecular flexibility index (Phi) is 5.38. The minimum atomic E-state index is 0.413. The standard InChI is InChI=1S/C13H21N3S2/c1-10(12-14-7-8-18-12)9-15-13(17)16-11-5-3-2-4-6-11/h7-8,10-11H,2-6,9H2,1H3,(H2,15,16,17). The SMILES string of the molecule is CC(CNC(=S)NC1CCCCC1)c1nccs1. The van der Waals surface area contributed by atoms with Crippen molar-refractivity contribution in [3.63, 3.8) is 0 Å². The molecule has 0 bridgehead atoms. The Bertz CT molecular complexity index is 358. The Balaban J connectivity index is 1.68. The van der Waals surface area contributed by atoms with E-state index in [9.17, 15) is 0 Å². The average Bonchev–Trinajstić information content (AvgIpc) is 2.91. The number of aromatic nitrogens is 1. The van der Waals surface area contributed by atoms with Gasteiger partial charge in [-0.25, -0.2) is 4.98 Å². The van der Waals surface area contributed by atoms with Crippen LogP contribution in [0.5, 0.6) is 0 Å². The van der Waals surface area contributed by atoms with Crippen LogP contribution in [-0.2, 0) is 0 Å². The first-order chi connectivity index (χ1) is 8.75. The first kappa shape index (κ1) is 13.7. The van der Waals surface area contributed by atoms with E-state index in [4.69, 9.17) is 12.2 Å². The summed E-state index contributed by atoms with van der Waals surface area (Å²) in [6, 6.07) is 0.578. The molecule has 1 aliphatic rings. The summed E-state index contributed by atoms with van der Waals surface area (Å²) in [6.45, 7) is 3.03. The fraction of sp³-hybridized carbons (Fsp3) is 0.692. The first-order valence-corrected chi connectivity index (χ1v) is 7.98. The summed E-state index contributed by atoms with van der Waals surface area (Å²) in [5.74, 6) is 0.413. The summed E-state index contributed by atoms with van der Waals surface area (Å²) in [4.78, 5) is 4.32. The maximum atomic E-state index is 5.34. The summed E-state index contributed by atoms with van der Waals surface area (Å²) >= 11 is 7.05. The number of rotatable bonds is 4. The summed E-state index contributed by atoms with van der Waals surface area (Å²) < 4.78 is 0. The van der Waals surface area contributed by atoms with Crippen LogP contribution in [0, 0.1) is 0 Å². The lowest BCUT2D eigenvalue weighted by atomic mass is 9.96. The Morgan fingerprint density at radius 2 is 2.28 bits per heavy atom. The summed E-state index contributed by atoms with van der Waals surface area (Å²) in [6.07, 6.45) is 8.40. The molecule has 5 heteroatoms. The third kappa shape index (κ3) is 4.21. The van der Waals surface area contributed by atoms with Gasteiger partial charge in [-0.2, -0.15) is 0 Å². The third-order valence-corrected chi connectivity index (χ3v) is 4.65. The van der Waals surface area contributed by atoms with E-state index in [1.807, 2.05) is 11.6 Å². The van der Waals surface area contributed by atoms with E-state index in [0.717, 1.165) is 11.7 Å². The molecule has 0 saturated heterocycles. The summed E-state index contributed by atoms with van der Waals surface area (Å²) in [5, 5.41) is 10.7. The van der Waals surface area contributed by atoms with Gasteiger partial charge in [-0.1, -0.05) is 26.2 Å². The molecule has 2 rings (SSSR count). The Morgan fingerprint density at radius 3 is 2.94 bits per heavy atom. The lowest BCUT2D eigenvalue weighted by Crippen LogP contribution is -2.43. The molecule has 1 atom stereocenters. The monoisotopic (exact) mass is 283 g/mol. The number of nitrogens with one attached hydrogen (secondary N) is 2. The fourth-order valence-corrected chi connectivity index (χ4v) is 3.24. The van der Waals surface area contributed by atoms with Crippen LogP contribution < -0.4 is 10.6 Å². The smallest absolute Gasteiger partial charge is 0.166 e. The molecule has 3 nitrogen and oxygen atoms in total. The number of nitrogens with zero attached hydrogens (tertiary/aromatic N) is 1. The van der Waals surface area contributed by atoms with Crippen LogP contribution in [0.3, 0.4) is 0 Å². The van der Waals surface area contributed by atoms with E-state index in [2.05, 4.69) is 22.5 Å². The van der Waals surface area contributed by atoms with E-state index in [0.29, 0.717) is 12.0 Å². The fourth-order valence-electron chi connectivity index (χ4n) is 2.29. The van der Waals surface area contributed by atoms with Gasteiger partial charge in [0.2, 0.25) is 0 Å². The average molecular weight is 283 g/mol. The van der Waals surface area contributed by atoms with E-state index in [1.54, 1.807) is 11.3 Å². The molecule has 1 fully saturated rings. The van der Waals surface area contributed by atoms with Crippen LogP contribution in [0.25, 0.3) is 0 Å². The predicted octanol–water partition coefficient (Wildman–Crippen LogP) is 3.04. The molecule has 100 valence electrons.